The van der Waals surface area contributed by atoms with Crippen molar-refractivity contribution in [2.24, 2.45) is 0 Å². The van der Waals surface area contributed by atoms with Gasteiger partial charge in [0.1, 0.15) is 0 Å². The molecule has 0 saturated heterocycles. The first kappa shape index (κ1) is 15.7. The summed E-state index contributed by atoms with van der Waals surface area (Å²) in [5.74, 6) is -0.0369. The molecule has 1 aromatic rings. The van der Waals surface area contributed by atoms with Gasteiger partial charge in [-0.15, -0.1) is 0 Å². The Hall–Kier alpha value is -1.39. The van der Waals surface area contributed by atoms with Gasteiger partial charge in [-0.1, -0.05) is 31.2 Å². The average molecular weight is 264 g/mol. The van der Waals surface area contributed by atoms with Crippen molar-refractivity contribution in [2.75, 3.05) is 13.1 Å². The second-order valence-electron chi connectivity index (χ2n) is 4.77. The van der Waals surface area contributed by atoms with Crippen LogP contribution in [0.1, 0.15) is 38.0 Å². The van der Waals surface area contributed by atoms with Crippen LogP contribution in [0.5, 0.6) is 0 Å². The first-order valence-corrected chi connectivity index (χ1v) is 6.79. The molecule has 0 radical (unpaired) electrons. The topological polar surface area (TPSA) is 61.4 Å². The van der Waals surface area contributed by atoms with Crippen molar-refractivity contribution in [3.05, 3.63) is 35.4 Å². The lowest BCUT2D eigenvalue weighted by molar-refractivity contribution is -0.118. The van der Waals surface area contributed by atoms with Crippen LogP contribution in [0.25, 0.3) is 0 Å². The van der Waals surface area contributed by atoms with E-state index in [0.717, 1.165) is 12.0 Å². The van der Waals surface area contributed by atoms with Gasteiger partial charge in [0.15, 0.2) is 0 Å². The lowest BCUT2D eigenvalue weighted by atomic mass is 10.0. The quantitative estimate of drug-likeness (QED) is 0.652. The third-order valence-corrected chi connectivity index (χ3v) is 3.17. The van der Waals surface area contributed by atoms with Gasteiger partial charge in [0.2, 0.25) is 5.91 Å². The van der Waals surface area contributed by atoms with E-state index < -0.39 is 6.10 Å². The predicted molar refractivity (Wildman–Crippen MR) is 76.9 cm³/mol. The summed E-state index contributed by atoms with van der Waals surface area (Å²) in [6.45, 7) is 6.75. The number of hydrogen-bond acceptors (Lipinski definition) is 3. The largest absolute Gasteiger partial charge is 0.387 e. The SMILES string of the molecule is CCc1ccc(C(O)C(C)NCCNC(C)=O)cc1. The Morgan fingerprint density at radius 1 is 1.26 bits per heavy atom. The molecule has 1 amide bonds. The molecule has 1 rings (SSSR count). The van der Waals surface area contributed by atoms with Gasteiger partial charge in [-0.05, 0) is 24.5 Å². The van der Waals surface area contributed by atoms with Crippen molar-refractivity contribution in [2.45, 2.75) is 39.3 Å². The van der Waals surface area contributed by atoms with Gasteiger partial charge < -0.3 is 15.7 Å². The first-order valence-electron chi connectivity index (χ1n) is 6.79. The summed E-state index contributed by atoms with van der Waals surface area (Å²) in [5.41, 5.74) is 2.18. The predicted octanol–water partition coefficient (Wildman–Crippen LogP) is 1.40. The number of aryl methyl sites for hydroxylation is 1. The summed E-state index contributed by atoms with van der Waals surface area (Å²) in [7, 11) is 0. The minimum atomic E-state index is -0.539. The Morgan fingerprint density at radius 3 is 2.42 bits per heavy atom. The fourth-order valence-electron chi connectivity index (χ4n) is 1.89. The molecule has 2 atom stereocenters. The molecule has 0 aliphatic heterocycles. The zero-order valence-electron chi connectivity index (χ0n) is 11.9. The van der Waals surface area contributed by atoms with E-state index >= 15 is 0 Å². The molecule has 106 valence electrons. The molecule has 19 heavy (non-hydrogen) atoms. The third kappa shape index (κ3) is 5.41. The van der Waals surface area contributed by atoms with Crippen LogP contribution in [0.2, 0.25) is 0 Å². The summed E-state index contributed by atoms with van der Waals surface area (Å²) < 4.78 is 0. The Bertz CT molecular complexity index is 390. The fourth-order valence-corrected chi connectivity index (χ4v) is 1.89. The van der Waals surface area contributed by atoms with Crippen LogP contribution in [0.3, 0.4) is 0 Å². The number of rotatable bonds is 7. The van der Waals surface area contributed by atoms with Crippen LogP contribution >= 0.6 is 0 Å². The van der Waals surface area contributed by atoms with Gasteiger partial charge in [-0.2, -0.15) is 0 Å². The first-order chi connectivity index (χ1) is 9.04. The molecular weight excluding hydrogens is 240 g/mol. The van der Waals surface area contributed by atoms with E-state index in [0.29, 0.717) is 13.1 Å². The van der Waals surface area contributed by atoms with Crippen LogP contribution in [0.15, 0.2) is 24.3 Å². The molecule has 1 aromatic carbocycles. The zero-order valence-corrected chi connectivity index (χ0v) is 11.9. The van der Waals surface area contributed by atoms with Crippen molar-refractivity contribution in [3.63, 3.8) is 0 Å². The summed E-state index contributed by atoms with van der Waals surface area (Å²) in [5, 5.41) is 16.1. The zero-order chi connectivity index (χ0) is 14.3. The van der Waals surface area contributed by atoms with Gasteiger partial charge in [0.25, 0.3) is 0 Å². The number of carbonyl (C=O) groups excluding carboxylic acids is 1. The van der Waals surface area contributed by atoms with E-state index in [1.165, 1.54) is 12.5 Å². The summed E-state index contributed by atoms with van der Waals surface area (Å²) >= 11 is 0. The molecule has 0 aliphatic rings. The number of aliphatic hydroxyl groups excluding tert-OH is 1. The van der Waals surface area contributed by atoms with E-state index in [2.05, 4.69) is 17.6 Å². The second kappa shape index (κ2) is 7.92. The van der Waals surface area contributed by atoms with Gasteiger partial charge in [0.05, 0.1) is 6.10 Å². The molecule has 0 aliphatic carbocycles. The number of benzene rings is 1. The van der Waals surface area contributed by atoms with Gasteiger partial charge >= 0.3 is 0 Å². The molecule has 0 fully saturated rings. The minimum Gasteiger partial charge on any atom is -0.387 e. The number of hydrogen-bond donors (Lipinski definition) is 3. The van der Waals surface area contributed by atoms with Crippen molar-refractivity contribution >= 4 is 5.91 Å². The summed E-state index contributed by atoms with van der Waals surface area (Å²) in [6.07, 6.45) is 0.462. The highest BCUT2D eigenvalue weighted by Gasteiger charge is 2.15. The highest BCUT2D eigenvalue weighted by molar-refractivity contribution is 5.72. The van der Waals surface area contributed by atoms with Gasteiger partial charge in [0, 0.05) is 26.1 Å². The van der Waals surface area contributed by atoms with Crippen LogP contribution < -0.4 is 10.6 Å². The molecule has 0 bridgehead atoms. The summed E-state index contributed by atoms with van der Waals surface area (Å²) in [4.78, 5) is 10.7. The van der Waals surface area contributed by atoms with E-state index in [1.54, 1.807) is 0 Å². The maximum atomic E-state index is 10.7. The lowest BCUT2D eigenvalue weighted by Crippen LogP contribution is -2.38. The fraction of sp³-hybridized carbons (Fsp3) is 0.533. The highest BCUT2D eigenvalue weighted by Crippen LogP contribution is 2.17. The van der Waals surface area contributed by atoms with Crippen molar-refractivity contribution in [1.82, 2.24) is 10.6 Å². The lowest BCUT2D eigenvalue weighted by Gasteiger charge is -2.21. The van der Waals surface area contributed by atoms with Crippen LogP contribution in [-0.4, -0.2) is 30.1 Å². The highest BCUT2D eigenvalue weighted by atomic mass is 16.3. The Balaban J connectivity index is 2.42. The van der Waals surface area contributed by atoms with Crippen molar-refractivity contribution < 1.29 is 9.90 Å². The summed E-state index contributed by atoms with van der Waals surface area (Å²) in [6, 6.07) is 7.97. The van der Waals surface area contributed by atoms with Gasteiger partial charge in [-0.25, -0.2) is 0 Å². The minimum absolute atomic E-state index is 0.0369. The molecule has 0 heterocycles. The maximum Gasteiger partial charge on any atom is 0.216 e. The number of nitrogens with one attached hydrogen (secondary N) is 2. The Labute approximate surface area is 115 Å². The standard InChI is InChI=1S/C15H24N2O2/c1-4-13-5-7-14(8-6-13)15(19)11(2)16-9-10-17-12(3)18/h5-8,11,15-16,19H,4,9-10H2,1-3H3,(H,17,18). The van der Waals surface area contributed by atoms with E-state index in [9.17, 15) is 9.90 Å². The second-order valence-corrected chi connectivity index (χ2v) is 4.77. The normalized spacial score (nSPS) is 13.9. The number of carbonyl (C=O) groups is 1. The Morgan fingerprint density at radius 2 is 1.89 bits per heavy atom. The molecule has 0 spiro atoms. The van der Waals surface area contributed by atoms with E-state index in [4.69, 9.17) is 0 Å². The number of amides is 1. The Kier molecular flexibility index (Phi) is 6.53. The number of aliphatic hydroxyl groups is 1. The van der Waals surface area contributed by atoms with E-state index in [1.807, 2.05) is 31.2 Å². The molecule has 0 aromatic heterocycles. The van der Waals surface area contributed by atoms with Gasteiger partial charge in [-0.3, -0.25) is 4.79 Å². The monoisotopic (exact) mass is 264 g/mol. The molecule has 0 saturated carbocycles. The molecule has 2 unspecified atom stereocenters. The van der Waals surface area contributed by atoms with E-state index in [-0.39, 0.29) is 11.9 Å². The molecule has 4 nitrogen and oxygen atoms in total. The van der Waals surface area contributed by atoms with Crippen LogP contribution in [-0.2, 0) is 11.2 Å². The molecule has 4 heteroatoms. The third-order valence-electron chi connectivity index (χ3n) is 3.17. The van der Waals surface area contributed by atoms with Crippen LogP contribution in [0.4, 0.5) is 0 Å². The average Bonchev–Trinajstić information content (AvgIpc) is 2.42. The van der Waals surface area contributed by atoms with Crippen LogP contribution in [0, 0.1) is 0 Å². The van der Waals surface area contributed by atoms with Crippen molar-refractivity contribution in [1.29, 1.82) is 0 Å². The maximum absolute atomic E-state index is 10.7. The molecule has 3 N–H and O–H groups in total. The molecular formula is C15H24N2O2. The van der Waals surface area contributed by atoms with Crippen molar-refractivity contribution in [3.8, 4) is 0 Å². The smallest absolute Gasteiger partial charge is 0.216 e.